The van der Waals surface area contributed by atoms with E-state index in [0.717, 1.165) is 42.8 Å². The Morgan fingerprint density at radius 1 is 1.07 bits per heavy atom. The van der Waals surface area contributed by atoms with Crippen molar-refractivity contribution in [2.75, 3.05) is 13.1 Å². The number of carbonyl (C=O) groups excluding carboxylic acids is 1. The van der Waals surface area contributed by atoms with Gasteiger partial charge in [-0.1, -0.05) is 54.1 Å². The van der Waals surface area contributed by atoms with Crippen LogP contribution < -0.4 is 0 Å². The van der Waals surface area contributed by atoms with Gasteiger partial charge in [-0.25, -0.2) is 0 Å². The number of nitrogens with zero attached hydrogens (tertiary/aromatic N) is 3. The van der Waals surface area contributed by atoms with Crippen LogP contribution in [0.2, 0.25) is 5.02 Å². The first-order valence-electron chi connectivity index (χ1n) is 10.1. The van der Waals surface area contributed by atoms with Gasteiger partial charge < -0.3 is 4.90 Å². The molecule has 1 amide bonds. The first-order chi connectivity index (χ1) is 14.2. The zero-order chi connectivity index (χ0) is 20.1. The van der Waals surface area contributed by atoms with E-state index in [9.17, 15) is 4.79 Å². The summed E-state index contributed by atoms with van der Waals surface area (Å²) in [6.07, 6.45) is 6.75. The van der Waals surface area contributed by atoms with Crippen molar-refractivity contribution in [3.63, 3.8) is 0 Å². The maximum atomic E-state index is 12.8. The topological polar surface area (TPSA) is 46.1 Å². The normalized spacial score (nSPS) is 16.6. The fourth-order valence-electron chi connectivity index (χ4n) is 3.99. The molecule has 0 radical (unpaired) electrons. The molecular formula is C24H24ClN3O. The third kappa shape index (κ3) is 4.83. The second-order valence-electron chi connectivity index (χ2n) is 7.47. The summed E-state index contributed by atoms with van der Waals surface area (Å²) in [5, 5.41) is 0.681. The predicted octanol–water partition coefficient (Wildman–Crippen LogP) is 5.14. The molecule has 29 heavy (non-hydrogen) atoms. The fourth-order valence-corrected chi connectivity index (χ4v) is 4.18. The summed E-state index contributed by atoms with van der Waals surface area (Å²) in [5.41, 5.74) is 3.98. The quantitative estimate of drug-likeness (QED) is 0.590. The van der Waals surface area contributed by atoms with E-state index < -0.39 is 0 Å². The molecule has 0 bridgehead atoms. The summed E-state index contributed by atoms with van der Waals surface area (Å²) in [7, 11) is 0. The maximum Gasteiger partial charge on any atom is 0.222 e. The van der Waals surface area contributed by atoms with E-state index in [1.807, 2.05) is 47.4 Å². The summed E-state index contributed by atoms with van der Waals surface area (Å²) in [5.74, 6) is 0.402. The average Bonchev–Trinajstić information content (AvgIpc) is 2.78. The Morgan fingerprint density at radius 2 is 1.90 bits per heavy atom. The fraction of sp³-hybridized carbons (Fsp3) is 0.292. The van der Waals surface area contributed by atoms with Gasteiger partial charge in [0.15, 0.2) is 0 Å². The molecule has 1 atom stereocenters. The number of likely N-dealkylation sites (tertiary alicyclic amines) is 1. The maximum absolute atomic E-state index is 12.8. The molecule has 1 aliphatic heterocycles. The van der Waals surface area contributed by atoms with Crippen molar-refractivity contribution in [2.24, 2.45) is 0 Å². The number of rotatable bonds is 5. The van der Waals surface area contributed by atoms with Gasteiger partial charge in [0.2, 0.25) is 5.91 Å². The lowest BCUT2D eigenvalue weighted by atomic mass is 9.91. The van der Waals surface area contributed by atoms with Gasteiger partial charge in [-0.15, -0.1) is 0 Å². The number of piperidine rings is 1. The van der Waals surface area contributed by atoms with Gasteiger partial charge >= 0.3 is 0 Å². The summed E-state index contributed by atoms with van der Waals surface area (Å²) in [6.45, 7) is 1.51. The van der Waals surface area contributed by atoms with E-state index >= 15 is 0 Å². The van der Waals surface area contributed by atoms with Crippen molar-refractivity contribution in [1.82, 2.24) is 14.9 Å². The summed E-state index contributed by atoms with van der Waals surface area (Å²) >= 11 is 6.18. The Kier molecular flexibility index (Phi) is 6.20. The molecule has 5 heteroatoms. The number of benzene rings is 2. The van der Waals surface area contributed by atoms with E-state index in [2.05, 4.69) is 22.1 Å². The molecule has 148 valence electrons. The van der Waals surface area contributed by atoms with Gasteiger partial charge in [0.1, 0.15) is 0 Å². The van der Waals surface area contributed by atoms with Gasteiger partial charge in [0, 0.05) is 48.4 Å². The predicted molar refractivity (Wildman–Crippen MR) is 116 cm³/mol. The third-order valence-electron chi connectivity index (χ3n) is 5.46. The van der Waals surface area contributed by atoms with Crippen molar-refractivity contribution < 1.29 is 4.79 Å². The standard InChI is InChI=1S/C24H24ClN3O/c25-21-10-4-8-19(16-21)23-24(27-14-13-26-23)20-9-5-15-28(17-20)22(29)12-11-18-6-2-1-3-7-18/h1-4,6-8,10,13-14,16,20H,5,9,11-12,15,17H2/t20-/m1/s1. The average molecular weight is 406 g/mol. The highest BCUT2D eigenvalue weighted by molar-refractivity contribution is 6.30. The molecule has 1 aliphatic rings. The van der Waals surface area contributed by atoms with E-state index in [1.165, 1.54) is 5.56 Å². The molecule has 0 N–H and O–H groups in total. The van der Waals surface area contributed by atoms with E-state index in [0.29, 0.717) is 18.0 Å². The largest absolute Gasteiger partial charge is 0.342 e. The molecule has 1 aromatic heterocycles. The van der Waals surface area contributed by atoms with Gasteiger partial charge in [-0.2, -0.15) is 0 Å². The molecule has 4 rings (SSSR count). The number of hydrogen-bond donors (Lipinski definition) is 0. The SMILES string of the molecule is O=C(CCc1ccccc1)N1CCC[C@@H](c2nccnc2-c2cccc(Cl)c2)C1. The van der Waals surface area contributed by atoms with E-state index in [-0.39, 0.29) is 11.8 Å². The van der Waals surface area contributed by atoms with Crippen LogP contribution in [0.3, 0.4) is 0 Å². The summed E-state index contributed by atoms with van der Waals surface area (Å²) < 4.78 is 0. The molecule has 0 saturated carbocycles. The van der Waals surface area contributed by atoms with Crippen LogP contribution in [0.4, 0.5) is 0 Å². The molecule has 0 spiro atoms. The van der Waals surface area contributed by atoms with Gasteiger partial charge in [0.05, 0.1) is 11.4 Å². The van der Waals surface area contributed by atoms with Crippen LogP contribution in [0, 0.1) is 0 Å². The second-order valence-corrected chi connectivity index (χ2v) is 7.90. The molecule has 0 aliphatic carbocycles. The van der Waals surface area contributed by atoms with Gasteiger partial charge in [-0.3, -0.25) is 14.8 Å². The van der Waals surface area contributed by atoms with Crippen LogP contribution in [0.1, 0.15) is 36.4 Å². The van der Waals surface area contributed by atoms with Crippen molar-refractivity contribution >= 4 is 17.5 Å². The number of hydrogen-bond acceptors (Lipinski definition) is 3. The Hall–Kier alpha value is -2.72. The molecular weight excluding hydrogens is 382 g/mol. The molecule has 0 unspecified atom stereocenters. The molecule has 1 saturated heterocycles. The number of aromatic nitrogens is 2. The lowest BCUT2D eigenvalue weighted by Gasteiger charge is -2.33. The summed E-state index contributed by atoms with van der Waals surface area (Å²) in [6, 6.07) is 17.9. The first kappa shape index (κ1) is 19.6. The lowest BCUT2D eigenvalue weighted by Crippen LogP contribution is -2.39. The third-order valence-corrected chi connectivity index (χ3v) is 5.69. The van der Waals surface area contributed by atoms with Gasteiger partial charge in [0.25, 0.3) is 0 Å². The Balaban J connectivity index is 1.48. The zero-order valence-corrected chi connectivity index (χ0v) is 17.1. The minimum Gasteiger partial charge on any atom is -0.342 e. The number of halogens is 1. The minimum atomic E-state index is 0.187. The van der Waals surface area contributed by atoms with Crippen LogP contribution >= 0.6 is 11.6 Å². The molecule has 2 aromatic carbocycles. The monoisotopic (exact) mass is 405 g/mol. The van der Waals surface area contributed by atoms with Crippen molar-refractivity contribution in [3.05, 3.63) is 83.3 Å². The highest BCUT2D eigenvalue weighted by Gasteiger charge is 2.27. The minimum absolute atomic E-state index is 0.187. The Bertz CT molecular complexity index is 977. The van der Waals surface area contributed by atoms with Crippen molar-refractivity contribution in [1.29, 1.82) is 0 Å². The first-order valence-corrected chi connectivity index (χ1v) is 10.5. The Morgan fingerprint density at radius 3 is 2.72 bits per heavy atom. The van der Waals surface area contributed by atoms with E-state index in [1.54, 1.807) is 12.4 Å². The number of carbonyl (C=O) groups is 1. The smallest absolute Gasteiger partial charge is 0.222 e. The molecule has 1 fully saturated rings. The van der Waals surface area contributed by atoms with Crippen LogP contribution in [0.25, 0.3) is 11.3 Å². The van der Waals surface area contributed by atoms with Crippen LogP contribution in [0.15, 0.2) is 67.0 Å². The molecule has 4 nitrogen and oxygen atoms in total. The zero-order valence-electron chi connectivity index (χ0n) is 16.3. The second kappa shape index (κ2) is 9.19. The Labute approximate surface area is 176 Å². The highest BCUT2D eigenvalue weighted by Crippen LogP contribution is 2.32. The molecule has 3 aromatic rings. The van der Waals surface area contributed by atoms with Crippen molar-refractivity contribution in [3.8, 4) is 11.3 Å². The van der Waals surface area contributed by atoms with Crippen LogP contribution in [-0.2, 0) is 11.2 Å². The van der Waals surface area contributed by atoms with Gasteiger partial charge in [-0.05, 0) is 37.0 Å². The van der Waals surface area contributed by atoms with Crippen LogP contribution in [-0.4, -0.2) is 33.9 Å². The van der Waals surface area contributed by atoms with Crippen molar-refractivity contribution in [2.45, 2.75) is 31.6 Å². The highest BCUT2D eigenvalue weighted by atomic mass is 35.5. The van der Waals surface area contributed by atoms with Crippen LogP contribution in [0.5, 0.6) is 0 Å². The lowest BCUT2D eigenvalue weighted by molar-refractivity contribution is -0.132. The summed E-state index contributed by atoms with van der Waals surface area (Å²) in [4.78, 5) is 24.1. The number of aryl methyl sites for hydroxylation is 1. The molecule has 2 heterocycles. The number of amides is 1. The van der Waals surface area contributed by atoms with E-state index in [4.69, 9.17) is 11.6 Å².